The van der Waals surface area contributed by atoms with Gasteiger partial charge < -0.3 is 4.90 Å². The maximum Gasteiger partial charge on any atom is 0.245 e. The van der Waals surface area contributed by atoms with E-state index in [1.807, 2.05) is 0 Å². The summed E-state index contributed by atoms with van der Waals surface area (Å²) >= 11 is 0. The van der Waals surface area contributed by atoms with Gasteiger partial charge in [-0.2, -0.15) is 4.72 Å². The summed E-state index contributed by atoms with van der Waals surface area (Å²) in [5, 5.41) is 0. The molecule has 0 aromatic heterocycles. The molecule has 0 unspecified atom stereocenters. The van der Waals surface area contributed by atoms with Crippen LogP contribution in [-0.4, -0.2) is 26.9 Å². The fourth-order valence-corrected chi connectivity index (χ4v) is 3.91. The number of carbonyl (C=O) groups excluding carboxylic acids is 1. The zero-order chi connectivity index (χ0) is 18.2. The minimum Gasteiger partial charge on any atom is -0.311 e. The number of sulfonamides is 1. The molecule has 1 atom stereocenters. The Hall–Kier alpha value is -2.39. The van der Waals surface area contributed by atoms with Gasteiger partial charge in [0.25, 0.3) is 0 Å². The Morgan fingerprint density at radius 1 is 1.00 bits per heavy atom. The van der Waals surface area contributed by atoms with E-state index in [9.17, 15) is 26.4 Å². The predicted molar refractivity (Wildman–Crippen MR) is 83.8 cm³/mol. The Labute approximate surface area is 142 Å². The number of nitrogens with zero attached hydrogens (tertiary/aromatic N) is 1. The molecule has 0 aliphatic carbocycles. The summed E-state index contributed by atoms with van der Waals surface area (Å²) in [6, 6.07) is 6.10. The summed E-state index contributed by atoms with van der Waals surface area (Å²) in [6.45, 7) is 0.212. The van der Waals surface area contributed by atoms with E-state index in [1.165, 1.54) is 29.2 Å². The van der Waals surface area contributed by atoms with Crippen molar-refractivity contribution in [3.63, 3.8) is 0 Å². The highest BCUT2D eigenvalue weighted by Crippen LogP contribution is 2.24. The lowest BCUT2D eigenvalue weighted by Crippen LogP contribution is -2.41. The average Bonchev–Trinajstić information content (AvgIpc) is 2.91. The standard InChI is InChI=1S/C16H13F3N2O3S/c17-10-1-4-12(5-2-10)21-8-7-14(16(21)22)20-25(23,24)15-9-11(18)3-6-13(15)19/h1-6,9,14,20H,7-8H2/t14-/m1/s1. The second-order valence-corrected chi connectivity index (χ2v) is 7.19. The van der Waals surface area contributed by atoms with Crippen molar-refractivity contribution in [3.05, 3.63) is 59.9 Å². The van der Waals surface area contributed by atoms with Crippen LogP contribution in [0.2, 0.25) is 0 Å². The number of anilines is 1. The van der Waals surface area contributed by atoms with Gasteiger partial charge in [-0.1, -0.05) is 0 Å². The van der Waals surface area contributed by atoms with Crippen molar-refractivity contribution in [2.45, 2.75) is 17.4 Å². The average molecular weight is 370 g/mol. The first-order valence-corrected chi connectivity index (χ1v) is 8.80. The zero-order valence-electron chi connectivity index (χ0n) is 12.7. The summed E-state index contributed by atoms with van der Waals surface area (Å²) in [5.41, 5.74) is 0.421. The molecule has 0 saturated carbocycles. The zero-order valence-corrected chi connectivity index (χ0v) is 13.6. The molecule has 1 aliphatic rings. The minimum atomic E-state index is -4.41. The van der Waals surface area contributed by atoms with E-state index in [2.05, 4.69) is 4.72 Å². The molecule has 0 bridgehead atoms. The third-order valence-corrected chi connectivity index (χ3v) is 5.31. The highest BCUT2D eigenvalue weighted by Gasteiger charge is 2.36. The van der Waals surface area contributed by atoms with Crippen LogP contribution in [0.1, 0.15) is 6.42 Å². The molecule has 1 heterocycles. The summed E-state index contributed by atoms with van der Waals surface area (Å²) in [6.07, 6.45) is 0.145. The Bertz CT molecular complexity index is 917. The van der Waals surface area contributed by atoms with Crippen LogP contribution in [0.25, 0.3) is 0 Å². The lowest BCUT2D eigenvalue weighted by molar-refractivity contribution is -0.118. The molecule has 2 aromatic carbocycles. The van der Waals surface area contributed by atoms with Crippen LogP contribution in [0.15, 0.2) is 47.4 Å². The van der Waals surface area contributed by atoms with E-state index in [4.69, 9.17) is 0 Å². The summed E-state index contributed by atoms with van der Waals surface area (Å²) < 4.78 is 66.5. The SMILES string of the molecule is O=C1[C@H](NS(=O)(=O)c2cc(F)ccc2F)CCN1c1ccc(F)cc1. The summed E-state index contributed by atoms with van der Waals surface area (Å²) in [5.74, 6) is -3.04. The van der Waals surface area contributed by atoms with Crippen molar-refractivity contribution in [2.75, 3.05) is 11.4 Å². The van der Waals surface area contributed by atoms with E-state index in [-0.39, 0.29) is 13.0 Å². The Morgan fingerprint density at radius 3 is 2.32 bits per heavy atom. The summed E-state index contributed by atoms with van der Waals surface area (Å²) in [4.78, 5) is 12.8. The molecule has 9 heteroatoms. The molecule has 25 heavy (non-hydrogen) atoms. The lowest BCUT2D eigenvalue weighted by Gasteiger charge is -2.17. The topological polar surface area (TPSA) is 66.5 Å². The van der Waals surface area contributed by atoms with Gasteiger partial charge in [-0.15, -0.1) is 0 Å². The van der Waals surface area contributed by atoms with Crippen molar-refractivity contribution < 1.29 is 26.4 Å². The number of benzene rings is 2. The molecule has 1 aliphatic heterocycles. The first kappa shape index (κ1) is 17.4. The smallest absolute Gasteiger partial charge is 0.245 e. The third-order valence-electron chi connectivity index (χ3n) is 3.82. The van der Waals surface area contributed by atoms with Crippen LogP contribution in [0.3, 0.4) is 0 Å². The number of nitrogens with one attached hydrogen (secondary N) is 1. The molecular weight excluding hydrogens is 357 g/mol. The molecule has 1 amide bonds. The molecule has 5 nitrogen and oxygen atoms in total. The van der Waals surface area contributed by atoms with Gasteiger partial charge in [0.15, 0.2) is 0 Å². The van der Waals surface area contributed by atoms with Gasteiger partial charge in [0.1, 0.15) is 28.4 Å². The van der Waals surface area contributed by atoms with Crippen LogP contribution in [0.4, 0.5) is 18.9 Å². The Kier molecular flexibility index (Phi) is 4.53. The highest BCUT2D eigenvalue weighted by molar-refractivity contribution is 7.89. The number of carbonyl (C=O) groups is 1. The predicted octanol–water partition coefficient (Wildman–Crippen LogP) is 2.19. The first-order chi connectivity index (χ1) is 11.8. The van der Waals surface area contributed by atoms with E-state index in [0.29, 0.717) is 17.8 Å². The minimum absolute atomic E-state index is 0.145. The van der Waals surface area contributed by atoms with Gasteiger partial charge in [0.05, 0.1) is 0 Å². The molecule has 0 radical (unpaired) electrons. The maximum absolute atomic E-state index is 13.7. The van der Waals surface area contributed by atoms with Crippen molar-refractivity contribution in [1.82, 2.24) is 4.72 Å². The fourth-order valence-electron chi connectivity index (χ4n) is 2.60. The number of amides is 1. The third kappa shape index (κ3) is 3.52. The van der Waals surface area contributed by atoms with Gasteiger partial charge in [-0.05, 0) is 48.9 Å². The van der Waals surface area contributed by atoms with Gasteiger partial charge in [0.2, 0.25) is 15.9 Å². The second kappa shape index (κ2) is 6.49. The largest absolute Gasteiger partial charge is 0.311 e. The molecule has 1 saturated heterocycles. The van der Waals surface area contributed by atoms with Crippen molar-refractivity contribution in [2.24, 2.45) is 0 Å². The normalized spacial score (nSPS) is 18.0. The molecule has 2 aromatic rings. The molecule has 0 spiro atoms. The molecule has 3 rings (SSSR count). The monoisotopic (exact) mass is 370 g/mol. The highest BCUT2D eigenvalue weighted by atomic mass is 32.2. The maximum atomic E-state index is 13.7. The van der Waals surface area contributed by atoms with Gasteiger partial charge in [-0.3, -0.25) is 4.79 Å². The summed E-state index contributed by atoms with van der Waals surface area (Å²) in [7, 11) is -4.41. The van der Waals surface area contributed by atoms with E-state index < -0.39 is 44.3 Å². The molecule has 132 valence electrons. The van der Waals surface area contributed by atoms with Gasteiger partial charge in [-0.25, -0.2) is 21.6 Å². The van der Waals surface area contributed by atoms with E-state index >= 15 is 0 Å². The van der Waals surface area contributed by atoms with Crippen molar-refractivity contribution >= 4 is 21.6 Å². The van der Waals surface area contributed by atoms with Gasteiger partial charge >= 0.3 is 0 Å². The quantitative estimate of drug-likeness (QED) is 0.897. The number of hydrogen-bond donors (Lipinski definition) is 1. The molecule has 1 fully saturated rings. The van der Waals surface area contributed by atoms with Crippen molar-refractivity contribution in [1.29, 1.82) is 0 Å². The number of halogens is 3. The lowest BCUT2D eigenvalue weighted by atomic mass is 10.3. The van der Waals surface area contributed by atoms with Crippen LogP contribution in [0.5, 0.6) is 0 Å². The van der Waals surface area contributed by atoms with Gasteiger partial charge in [0, 0.05) is 12.2 Å². The fraction of sp³-hybridized carbons (Fsp3) is 0.188. The first-order valence-electron chi connectivity index (χ1n) is 7.32. The van der Waals surface area contributed by atoms with Crippen molar-refractivity contribution in [3.8, 4) is 0 Å². The van der Waals surface area contributed by atoms with E-state index in [0.717, 1.165) is 6.07 Å². The molecule has 1 N–H and O–H groups in total. The Balaban J connectivity index is 1.80. The Morgan fingerprint density at radius 2 is 1.64 bits per heavy atom. The number of hydrogen-bond acceptors (Lipinski definition) is 3. The van der Waals surface area contributed by atoms with Crippen LogP contribution in [-0.2, 0) is 14.8 Å². The van der Waals surface area contributed by atoms with Crippen LogP contribution < -0.4 is 9.62 Å². The number of rotatable bonds is 4. The van der Waals surface area contributed by atoms with E-state index in [1.54, 1.807) is 0 Å². The second-order valence-electron chi connectivity index (χ2n) is 5.50. The molecular formula is C16H13F3N2O3S. The van der Waals surface area contributed by atoms with Crippen LogP contribution >= 0.6 is 0 Å². The van der Waals surface area contributed by atoms with Crippen LogP contribution in [0, 0.1) is 17.5 Å².